The summed E-state index contributed by atoms with van der Waals surface area (Å²) in [5.41, 5.74) is 1.08. The van der Waals surface area contributed by atoms with Gasteiger partial charge < -0.3 is 0 Å². The van der Waals surface area contributed by atoms with Gasteiger partial charge in [-0.2, -0.15) is 5.26 Å². The average Bonchev–Trinajstić information content (AvgIpc) is 2.85. The minimum Gasteiger partial charge on any atom is -0.298 e. The maximum Gasteiger partial charge on any atom is 0.154 e. The standard InChI is InChI=1S/C15H17NO/c16-11-10-14(17)15(13-8-4-5-9-13)12-6-2-1-3-7-12/h1-3,6-7,13,15H,4-5,8-10H2. The van der Waals surface area contributed by atoms with E-state index in [1.54, 1.807) is 0 Å². The predicted molar refractivity (Wildman–Crippen MR) is 66.4 cm³/mol. The molecule has 2 nitrogen and oxygen atoms in total. The lowest BCUT2D eigenvalue weighted by Crippen LogP contribution is -2.19. The number of nitrogens with zero attached hydrogens (tertiary/aromatic N) is 1. The van der Waals surface area contributed by atoms with Gasteiger partial charge in [-0.15, -0.1) is 0 Å². The molecule has 0 aliphatic heterocycles. The molecule has 1 fully saturated rings. The van der Waals surface area contributed by atoms with Crippen molar-refractivity contribution in [3.05, 3.63) is 35.9 Å². The van der Waals surface area contributed by atoms with Crippen LogP contribution in [0.15, 0.2) is 30.3 Å². The molecule has 0 spiro atoms. The van der Waals surface area contributed by atoms with Crippen molar-refractivity contribution in [2.45, 2.75) is 38.0 Å². The molecule has 17 heavy (non-hydrogen) atoms. The van der Waals surface area contributed by atoms with Gasteiger partial charge in [-0.25, -0.2) is 0 Å². The third-order valence-electron chi connectivity index (χ3n) is 3.63. The maximum atomic E-state index is 12.1. The summed E-state index contributed by atoms with van der Waals surface area (Å²) in [5, 5.41) is 8.70. The van der Waals surface area contributed by atoms with Crippen molar-refractivity contribution in [3.63, 3.8) is 0 Å². The lowest BCUT2D eigenvalue weighted by molar-refractivity contribution is -0.120. The fourth-order valence-electron chi connectivity index (χ4n) is 2.86. The van der Waals surface area contributed by atoms with Gasteiger partial charge in [-0.05, 0) is 24.3 Å². The van der Waals surface area contributed by atoms with Crippen LogP contribution in [0.3, 0.4) is 0 Å². The number of carbonyl (C=O) groups is 1. The first kappa shape index (κ1) is 11.9. The second kappa shape index (κ2) is 5.63. The van der Waals surface area contributed by atoms with Crippen LogP contribution in [0.1, 0.15) is 43.6 Å². The SMILES string of the molecule is N#CCC(=O)C(c1ccccc1)C1CCCC1. The number of rotatable bonds is 4. The fraction of sp³-hybridized carbons (Fsp3) is 0.467. The van der Waals surface area contributed by atoms with Crippen LogP contribution >= 0.6 is 0 Å². The zero-order valence-corrected chi connectivity index (χ0v) is 9.93. The quantitative estimate of drug-likeness (QED) is 0.790. The zero-order chi connectivity index (χ0) is 12.1. The van der Waals surface area contributed by atoms with Gasteiger partial charge in [-0.3, -0.25) is 4.79 Å². The molecule has 0 saturated heterocycles. The van der Waals surface area contributed by atoms with Crippen LogP contribution in [-0.4, -0.2) is 5.78 Å². The minimum atomic E-state index is -0.0571. The topological polar surface area (TPSA) is 40.9 Å². The van der Waals surface area contributed by atoms with Crippen LogP contribution < -0.4 is 0 Å². The summed E-state index contributed by atoms with van der Waals surface area (Å²) >= 11 is 0. The number of Topliss-reactive ketones (excluding diaryl/α,β-unsaturated/α-hetero) is 1. The lowest BCUT2D eigenvalue weighted by Gasteiger charge is -2.21. The summed E-state index contributed by atoms with van der Waals surface area (Å²) in [7, 11) is 0. The van der Waals surface area contributed by atoms with Gasteiger partial charge in [0.2, 0.25) is 0 Å². The van der Waals surface area contributed by atoms with Crippen molar-refractivity contribution in [3.8, 4) is 6.07 Å². The minimum absolute atomic E-state index is 0.0378. The van der Waals surface area contributed by atoms with Gasteiger partial charge in [0.15, 0.2) is 5.78 Å². The van der Waals surface area contributed by atoms with Gasteiger partial charge >= 0.3 is 0 Å². The van der Waals surface area contributed by atoms with Gasteiger partial charge in [0.1, 0.15) is 0 Å². The van der Waals surface area contributed by atoms with Crippen LogP contribution in [-0.2, 0) is 4.79 Å². The Morgan fingerprint density at radius 1 is 1.29 bits per heavy atom. The van der Waals surface area contributed by atoms with Gasteiger partial charge in [0.05, 0.1) is 12.5 Å². The molecule has 0 radical (unpaired) electrons. The van der Waals surface area contributed by atoms with Crippen LogP contribution in [0, 0.1) is 17.2 Å². The van der Waals surface area contributed by atoms with Crippen LogP contribution in [0.25, 0.3) is 0 Å². The Labute approximate surface area is 102 Å². The molecule has 0 bridgehead atoms. The van der Waals surface area contributed by atoms with E-state index in [4.69, 9.17) is 5.26 Å². The molecule has 1 aromatic carbocycles. The Hall–Kier alpha value is -1.62. The first-order valence-electron chi connectivity index (χ1n) is 6.27. The van der Waals surface area contributed by atoms with Crippen molar-refractivity contribution in [2.75, 3.05) is 0 Å². The molecule has 1 saturated carbocycles. The van der Waals surface area contributed by atoms with Crippen molar-refractivity contribution in [1.82, 2.24) is 0 Å². The summed E-state index contributed by atoms with van der Waals surface area (Å²) in [6, 6.07) is 11.9. The van der Waals surface area contributed by atoms with E-state index in [9.17, 15) is 4.79 Å². The van der Waals surface area contributed by atoms with Crippen LogP contribution in [0.4, 0.5) is 0 Å². The highest BCUT2D eigenvalue weighted by atomic mass is 16.1. The number of nitriles is 1. The van der Waals surface area contributed by atoms with Crippen molar-refractivity contribution in [1.29, 1.82) is 5.26 Å². The molecule has 1 aliphatic carbocycles. The van der Waals surface area contributed by atoms with E-state index in [0.717, 1.165) is 18.4 Å². The van der Waals surface area contributed by atoms with E-state index in [1.807, 2.05) is 36.4 Å². The summed E-state index contributed by atoms with van der Waals surface area (Å²) in [5.74, 6) is 0.474. The highest BCUT2D eigenvalue weighted by Crippen LogP contribution is 2.38. The highest BCUT2D eigenvalue weighted by Gasteiger charge is 2.31. The van der Waals surface area contributed by atoms with Crippen molar-refractivity contribution in [2.24, 2.45) is 5.92 Å². The molecular formula is C15H17NO. The zero-order valence-electron chi connectivity index (χ0n) is 9.93. The van der Waals surface area contributed by atoms with E-state index in [1.165, 1.54) is 12.8 Å². The summed E-state index contributed by atoms with van der Waals surface area (Å²) < 4.78 is 0. The molecule has 0 heterocycles. The Morgan fingerprint density at radius 3 is 2.53 bits per heavy atom. The number of ketones is 1. The van der Waals surface area contributed by atoms with E-state index >= 15 is 0 Å². The smallest absolute Gasteiger partial charge is 0.154 e. The third-order valence-corrected chi connectivity index (χ3v) is 3.63. The molecule has 0 aromatic heterocycles. The third kappa shape index (κ3) is 2.74. The Balaban J connectivity index is 2.24. The average molecular weight is 227 g/mol. The Kier molecular flexibility index (Phi) is 3.93. The van der Waals surface area contributed by atoms with E-state index in [2.05, 4.69) is 0 Å². The van der Waals surface area contributed by atoms with Gasteiger partial charge in [0, 0.05) is 5.92 Å². The van der Waals surface area contributed by atoms with Crippen molar-refractivity contribution >= 4 is 5.78 Å². The second-order valence-electron chi connectivity index (χ2n) is 4.73. The first-order chi connectivity index (χ1) is 8.33. The highest BCUT2D eigenvalue weighted by molar-refractivity contribution is 5.87. The first-order valence-corrected chi connectivity index (χ1v) is 6.27. The normalized spacial score (nSPS) is 17.6. The second-order valence-corrected chi connectivity index (χ2v) is 4.73. The summed E-state index contributed by atoms with van der Waals surface area (Å²) in [6.07, 6.45) is 4.71. The Morgan fingerprint density at radius 2 is 1.94 bits per heavy atom. The molecule has 1 atom stereocenters. The lowest BCUT2D eigenvalue weighted by atomic mass is 9.81. The summed E-state index contributed by atoms with van der Waals surface area (Å²) in [6.45, 7) is 0. The van der Waals surface area contributed by atoms with E-state index in [0.29, 0.717) is 5.92 Å². The van der Waals surface area contributed by atoms with Crippen LogP contribution in [0.2, 0.25) is 0 Å². The summed E-state index contributed by atoms with van der Waals surface area (Å²) in [4.78, 5) is 12.1. The van der Waals surface area contributed by atoms with E-state index in [-0.39, 0.29) is 18.1 Å². The largest absolute Gasteiger partial charge is 0.298 e. The molecule has 0 amide bonds. The number of hydrogen-bond acceptors (Lipinski definition) is 2. The molecule has 88 valence electrons. The van der Waals surface area contributed by atoms with Gasteiger partial charge in [0.25, 0.3) is 0 Å². The van der Waals surface area contributed by atoms with Gasteiger partial charge in [-0.1, -0.05) is 43.2 Å². The molecule has 1 unspecified atom stereocenters. The molecule has 1 aromatic rings. The molecule has 0 N–H and O–H groups in total. The molecule has 1 aliphatic rings. The Bertz CT molecular complexity index is 412. The molecular weight excluding hydrogens is 210 g/mol. The number of hydrogen-bond donors (Lipinski definition) is 0. The van der Waals surface area contributed by atoms with Crippen LogP contribution in [0.5, 0.6) is 0 Å². The maximum absolute atomic E-state index is 12.1. The fourth-order valence-corrected chi connectivity index (χ4v) is 2.86. The van der Waals surface area contributed by atoms with Crippen molar-refractivity contribution < 1.29 is 4.79 Å². The number of carbonyl (C=O) groups excluding carboxylic acids is 1. The predicted octanol–water partition coefficient (Wildman–Crippen LogP) is 3.44. The van der Waals surface area contributed by atoms with E-state index < -0.39 is 0 Å². The molecule has 2 heteroatoms. The number of benzene rings is 1. The molecule has 2 rings (SSSR count). The monoisotopic (exact) mass is 227 g/mol.